The van der Waals surface area contributed by atoms with Crippen LogP contribution in [0.2, 0.25) is 0 Å². The van der Waals surface area contributed by atoms with Gasteiger partial charge in [0.15, 0.2) is 0 Å². The lowest BCUT2D eigenvalue weighted by atomic mass is 9.51. The number of aliphatic hydroxyl groups excluding tert-OH is 1. The zero-order valence-electron chi connectivity index (χ0n) is 20.3. The molecule has 7 heteroatoms. The number of halogens is 1. The number of ether oxygens (including phenoxy) is 1. The molecule has 2 fully saturated rings. The maximum Gasteiger partial charge on any atom is 0.223 e. The van der Waals surface area contributed by atoms with Crippen LogP contribution in [0.4, 0.5) is 4.39 Å². The van der Waals surface area contributed by atoms with Gasteiger partial charge in [0.25, 0.3) is 0 Å². The van der Waals surface area contributed by atoms with Gasteiger partial charge in [0, 0.05) is 32.0 Å². The Balaban J connectivity index is 1.63. The van der Waals surface area contributed by atoms with Crippen LogP contribution in [-0.4, -0.2) is 42.8 Å². The van der Waals surface area contributed by atoms with E-state index in [1.54, 1.807) is 19.2 Å². The molecule has 0 unspecified atom stereocenters. The summed E-state index contributed by atoms with van der Waals surface area (Å²) in [6, 6.07) is 6.10. The van der Waals surface area contributed by atoms with E-state index in [1.807, 2.05) is 6.92 Å². The fourth-order valence-electron chi connectivity index (χ4n) is 6.12. The SMILES string of the molecule is COCCC(=O)N[C@H]1CC[C@]2(C)CC[C@@H]([C@H](C)C(=O)NCc3ccc(F)cc3)[C@H](O)[C@H]2[C@@H]1C. The van der Waals surface area contributed by atoms with Crippen molar-refractivity contribution in [1.29, 1.82) is 0 Å². The van der Waals surface area contributed by atoms with Gasteiger partial charge in [-0.2, -0.15) is 0 Å². The fraction of sp³-hybridized carbons (Fsp3) is 0.692. The van der Waals surface area contributed by atoms with Crippen molar-refractivity contribution in [1.82, 2.24) is 10.6 Å². The smallest absolute Gasteiger partial charge is 0.223 e. The maximum atomic E-state index is 13.1. The molecule has 0 spiro atoms. The summed E-state index contributed by atoms with van der Waals surface area (Å²) >= 11 is 0. The van der Waals surface area contributed by atoms with Gasteiger partial charge in [-0.25, -0.2) is 4.39 Å². The highest BCUT2D eigenvalue weighted by Gasteiger charge is 2.53. The van der Waals surface area contributed by atoms with E-state index in [9.17, 15) is 19.1 Å². The Hall–Kier alpha value is -1.99. The van der Waals surface area contributed by atoms with E-state index in [1.165, 1.54) is 12.1 Å². The highest BCUT2D eigenvalue weighted by Crippen LogP contribution is 2.55. The van der Waals surface area contributed by atoms with E-state index in [4.69, 9.17) is 4.74 Å². The quantitative estimate of drug-likeness (QED) is 0.552. The summed E-state index contributed by atoms with van der Waals surface area (Å²) in [5.74, 6) is -0.766. The van der Waals surface area contributed by atoms with Crippen LogP contribution in [0.15, 0.2) is 24.3 Å². The minimum Gasteiger partial charge on any atom is -0.392 e. The van der Waals surface area contributed by atoms with Gasteiger partial charge >= 0.3 is 0 Å². The van der Waals surface area contributed by atoms with Crippen LogP contribution in [0.3, 0.4) is 0 Å². The molecule has 0 radical (unpaired) electrons. The Morgan fingerprint density at radius 1 is 1.24 bits per heavy atom. The van der Waals surface area contributed by atoms with Crippen molar-refractivity contribution in [3.63, 3.8) is 0 Å². The number of fused-ring (bicyclic) bond motifs is 1. The summed E-state index contributed by atoms with van der Waals surface area (Å²) in [6.45, 7) is 6.97. The van der Waals surface area contributed by atoms with Crippen LogP contribution < -0.4 is 10.6 Å². The van der Waals surface area contributed by atoms with Crippen molar-refractivity contribution < 1.29 is 23.8 Å². The molecule has 3 N–H and O–H groups in total. The Bertz CT molecular complexity index is 817. The molecule has 1 aromatic carbocycles. The largest absolute Gasteiger partial charge is 0.392 e. The van der Waals surface area contributed by atoms with Crippen molar-refractivity contribution in [3.05, 3.63) is 35.6 Å². The summed E-state index contributed by atoms with van der Waals surface area (Å²) in [7, 11) is 1.58. The average Bonchev–Trinajstić information content (AvgIpc) is 2.78. The van der Waals surface area contributed by atoms with E-state index >= 15 is 0 Å². The van der Waals surface area contributed by atoms with Crippen LogP contribution in [0.25, 0.3) is 0 Å². The number of carbonyl (C=O) groups excluding carboxylic acids is 2. The van der Waals surface area contributed by atoms with Crippen LogP contribution in [0.5, 0.6) is 0 Å². The molecule has 3 rings (SSSR count). The molecule has 0 bridgehead atoms. The number of nitrogens with one attached hydrogen (secondary N) is 2. The second-order valence-corrected chi connectivity index (χ2v) is 10.3. The monoisotopic (exact) mass is 462 g/mol. The molecule has 2 saturated carbocycles. The number of hydrogen-bond donors (Lipinski definition) is 3. The lowest BCUT2D eigenvalue weighted by Gasteiger charge is -2.56. The van der Waals surface area contributed by atoms with Gasteiger partial charge in [-0.15, -0.1) is 0 Å². The van der Waals surface area contributed by atoms with Crippen molar-refractivity contribution in [2.75, 3.05) is 13.7 Å². The molecule has 1 aromatic rings. The number of aliphatic hydroxyl groups is 1. The first-order valence-electron chi connectivity index (χ1n) is 12.1. The minimum absolute atomic E-state index is 0.00734. The second kappa shape index (κ2) is 11.0. The lowest BCUT2D eigenvalue weighted by molar-refractivity contribution is -0.144. The van der Waals surface area contributed by atoms with Gasteiger partial charge in [0.1, 0.15) is 5.82 Å². The van der Waals surface area contributed by atoms with Gasteiger partial charge in [-0.1, -0.05) is 32.9 Å². The van der Waals surface area contributed by atoms with Gasteiger partial charge in [-0.3, -0.25) is 9.59 Å². The molecule has 33 heavy (non-hydrogen) atoms. The molecule has 7 atom stereocenters. The molecule has 0 saturated heterocycles. The van der Waals surface area contributed by atoms with E-state index in [-0.39, 0.29) is 52.8 Å². The van der Waals surface area contributed by atoms with Gasteiger partial charge in [0.2, 0.25) is 11.8 Å². The third-order valence-electron chi connectivity index (χ3n) is 8.20. The number of amides is 2. The lowest BCUT2D eigenvalue weighted by Crippen LogP contribution is -2.58. The third kappa shape index (κ3) is 5.93. The van der Waals surface area contributed by atoms with Gasteiger partial charge < -0.3 is 20.5 Å². The van der Waals surface area contributed by atoms with Crippen LogP contribution in [-0.2, 0) is 20.9 Å². The predicted octanol–water partition coefficient (Wildman–Crippen LogP) is 3.42. The zero-order valence-corrected chi connectivity index (χ0v) is 20.3. The predicted molar refractivity (Wildman–Crippen MR) is 125 cm³/mol. The van der Waals surface area contributed by atoms with E-state index in [0.29, 0.717) is 19.6 Å². The number of benzene rings is 1. The first-order chi connectivity index (χ1) is 15.7. The summed E-state index contributed by atoms with van der Waals surface area (Å²) in [5, 5.41) is 17.6. The molecule has 0 aromatic heterocycles. The standard InChI is InChI=1S/C26H39FN2O4/c1-16(25(32)28-15-18-5-7-19(27)8-6-18)20-9-12-26(3)13-10-21(17(2)23(26)24(20)31)29-22(30)11-14-33-4/h5-8,16-17,20-21,23-24,31H,9-15H2,1-4H3,(H,28,32)(H,29,30)/t16-,17+,20-,21-,23+,24-,26-/m0/s1. The van der Waals surface area contributed by atoms with Crippen molar-refractivity contribution >= 4 is 11.8 Å². The molecule has 2 aliphatic rings. The Kier molecular flexibility index (Phi) is 8.51. The molecular weight excluding hydrogens is 423 g/mol. The summed E-state index contributed by atoms with van der Waals surface area (Å²) in [5.41, 5.74) is 0.842. The van der Waals surface area contributed by atoms with Crippen LogP contribution in [0.1, 0.15) is 58.4 Å². The fourth-order valence-corrected chi connectivity index (χ4v) is 6.12. The average molecular weight is 463 g/mol. The summed E-state index contributed by atoms with van der Waals surface area (Å²) < 4.78 is 18.1. The van der Waals surface area contributed by atoms with Crippen molar-refractivity contribution in [2.45, 2.75) is 71.6 Å². The number of methoxy groups -OCH3 is 1. The topological polar surface area (TPSA) is 87.7 Å². The number of hydrogen-bond acceptors (Lipinski definition) is 4. The minimum atomic E-state index is -0.607. The molecular formula is C26H39FN2O4. The first-order valence-corrected chi connectivity index (χ1v) is 12.1. The highest BCUT2D eigenvalue weighted by atomic mass is 19.1. The first kappa shape index (κ1) is 25.6. The van der Waals surface area contributed by atoms with E-state index in [2.05, 4.69) is 24.5 Å². The molecule has 2 amide bonds. The van der Waals surface area contributed by atoms with Crippen LogP contribution >= 0.6 is 0 Å². The number of rotatable bonds is 8. The zero-order chi connectivity index (χ0) is 24.2. The number of carbonyl (C=O) groups is 2. The van der Waals surface area contributed by atoms with Gasteiger partial charge in [0.05, 0.1) is 12.7 Å². The molecule has 6 nitrogen and oxygen atoms in total. The maximum absolute atomic E-state index is 13.1. The summed E-state index contributed by atoms with van der Waals surface area (Å²) in [4.78, 5) is 25.2. The van der Waals surface area contributed by atoms with Crippen LogP contribution in [0, 0.1) is 34.9 Å². The van der Waals surface area contributed by atoms with E-state index < -0.39 is 6.10 Å². The van der Waals surface area contributed by atoms with Gasteiger partial charge in [-0.05, 0) is 66.5 Å². The Morgan fingerprint density at radius 3 is 2.58 bits per heavy atom. The van der Waals surface area contributed by atoms with E-state index in [0.717, 1.165) is 31.2 Å². The molecule has 0 heterocycles. The normalized spacial score (nSPS) is 32.5. The highest BCUT2D eigenvalue weighted by molar-refractivity contribution is 5.78. The Morgan fingerprint density at radius 2 is 1.91 bits per heavy atom. The molecule has 0 aliphatic heterocycles. The molecule has 184 valence electrons. The van der Waals surface area contributed by atoms with Crippen molar-refractivity contribution in [3.8, 4) is 0 Å². The Labute approximate surface area is 196 Å². The van der Waals surface area contributed by atoms with Crippen molar-refractivity contribution in [2.24, 2.45) is 29.1 Å². The second-order valence-electron chi connectivity index (χ2n) is 10.3. The molecule has 2 aliphatic carbocycles. The summed E-state index contributed by atoms with van der Waals surface area (Å²) in [6.07, 6.45) is 3.34. The third-order valence-corrected chi connectivity index (χ3v) is 8.20.